The van der Waals surface area contributed by atoms with Gasteiger partial charge in [-0.25, -0.2) is 0 Å². The van der Waals surface area contributed by atoms with E-state index in [1.54, 1.807) is 24.5 Å². The summed E-state index contributed by atoms with van der Waals surface area (Å²) in [5.74, 6) is 1.81. The molecule has 6 N–H and O–H groups in total. The quantitative estimate of drug-likeness (QED) is 0.333. The smallest absolute Gasteiger partial charge is 0.233 e. The average molecular weight is 543 g/mol. The first kappa shape index (κ1) is 25.3. The Labute approximate surface area is 225 Å². The lowest BCUT2D eigenvalue weighted by Crippen LogP contribution is -2.53. The van der Waals surface area contributed by atoms with Gasteiger partial charge in [-0.1, -0.05) is 53.5 Å². The lowest BCUT2D eigenvalue weighted by Gasteiger charge is -2.34. The molecule has 1 fully saturated rings. The molecule has 0 spiro atoms. The number of rotatable bonds is 8. The van der Waals surface area contributed by atoms with Gasteiger partial charge in [0.25, 0.3) is 0 Å². The van der Waals surface area contributed by atoms with Gasteiger partial charge < -0.3 is 36.5 Å². The molecule has 12 heteroatoms. The van der Waals surface area contributed by atoms with Gasteiger partial charge in [0, 0.05) is 37.3 Å². The zero-order chi connectivity index (χ0) is 25.8. The molecule has 5 rings (SSSR count). The molecule has 1 aromatic heterocycles. The molecule has 2 aliphatic rings. The molecule has 0 bridgehead atoms. The molecular formula is C25H28Cl2N8O2. The Morgan fingerprint density at radius 2 is 1.73 bits per heavy atom. The van der Waals surface area contributed by atoms with Crippen LogP contribution in [0, 0.1) is 0 Å². The Morgan fingerprint density at radius 1 is 0.973 bits per heavy atom. The predicted molar refractivity (Wildman–Crippen MR) is 145 cm³/mol. The molecule has 3 heterocycles. The number of hydrogen-bond donors (Lipinski definition) is 4. The number of nitrogens with two attached hydrogens (primary N) is 2. The third kappa shape index (κ3) is 6.53. The summed E-state index contributed by atoms with van der Waals surface area (Å²) in [4.78, 5) is 16.0. The number of hydrogen-bond acceptors (Lipinski definition) is 10. The first-order valence-corrected chi connectivity index (χ1v) is 12.7. The molecule has 37 heavy (non-hydrogen) atoms. The van der Waals surface area contributed by atoms with Crippen LogP contribution in [-0.2, 0) is 15.9 Å². The van der Waals surface area contributed by atoms with Crippen molar-refractivity contribution in [3.8, 4) is 0 Å². The van der Waals surface area contributed by atoms with Crippen LogP contribution >= 0.6 is 23.2 Å². The van der Waals surface area contributed by atoms with Gasteiger partial charge in [0.05, 0.1) is 16.1 Å². The highest BCUT2D eigenvalue weighted by atomic mass is 35.5. The number of anilines is 4. The van der Waals surface area contributed by atoms with Crippen molar-refractivity contribution < 1.29 is 9.47 Å². The van der Waals surface area contributed by atoms with Crippen molar-refractivity contribution in [3.63, 3.8) is 0 Å². The minimum atomic E-state index is -0.274. The van der Waals surface area contributed by atoms with Gasteiger partial charge in [-0.3, -0.25) is 0 Å². The fourth-order valence-electron chi connectivity index (χ4n) is 4.33. The third-order valence-corrected chi connectivity index (χ3v) is 6.76. The summed E-state index contributed by atoms with van der Waals surface area (Å²) in [6.45, 7) is 1.33. The van der Waals surface area contributed by atoms with E-state index in [9.17, 15) is 0 Å². The summed E-state index contributed by atoms with van der Waals surface area (Å²) in [6.07, 6.45) is 2.98. The Bertz CT molecular complexity index is 1250. The van der Waals surface area contributed by atoms with Crippen LogP contribution in [0.25, 0.3) is 0 Å². The van der Waals surface area contributed by atoms with Crippen molar-refractivity contribution in [1.29, 1.82) is 0 Å². The van der Waals surface area contributed by atoms with E-state index >= 15 is 0 Å². The molecule has 0 aliphatic carbocycles. The summed E-state index contributed by atoms with van der Waals surface area (Å²) in [6, 6.07) is 14.9. The summed E-state index contributed by atoms with van der Waals surface area (Å²) < 4.78 is 11.0. The SMILES string of the molecule is NC1CC(N)CN(c2nc(Nc3ccc(Cl)c(Cl)c3)nc(NC(Cc3ccccc3)C3=COCO3)n2)C1. The minimum Gasteiger partial charge on any atom is -0.462 e. The highest BCUT2D eigenvalue weighted by Crippen LogP contribution is 2.28. The largest absolute Gasteiger partial charge is 0.462 e. The van der Waals surface area contributed by atoms with E-state index in [2.05, 4.69) is 32.7 Å². The van der Waals surface area contributed by atoms with Gasteiger partial charge in [0.15, 0.2) is 5.76 Å². The van der Waals surface area contributed by atoms with Crippen LogP contribution < -0.4 is 27.0 Å². The van der Waals surface area contributed by atoms with Crippen LogP contribution in [0.15, 0.2) is 60.6 Å². The summed E-state index contributed by atoms with van der Waals surface area (Å²) in [7, 11) is 0. The number of nitrogens with one attached hydrogen (secondary N) is 2. The monoisotopic (exact) mass is 542 g/mol. The average Bonchev–Trinajstić information content (AvgIpc) is 3.41. The molecular weight excluding hydrogens is 515 g/mol. The normalized spacial score (nSPS) is 20.0. The highest BCUT2D eigenvalue weighted by molar-refractivity contribution is 6.42. The minimum absolute atomic E-state index is 0.0802. The lowest BCUT2D eigenvalue weighted by molar-refractivity contribution is 0.0764. The molecule has 3 unspecified atom stereocenters. The number of aromatic nitrogens is 3. The maximum Gasteiger partial charge on any atom is 0.233 e. The van der Waals surface area contributed by atoms with Gasteiger partial charge in [-0.2, -0.15) is 15.0 Å². The number of nitrogens with zero attached hydrogens (tertiary/aromatic N) is 4. The van der Waals surface area contributed by atoms with Crippen LogP contribution in [0.5, 0.6) is 0 Å². The van der Waals surface area contributed by atoms with E-state index in [1.165, 1.54) is 0 Å². The van der Waals surface area contributed by atoms with E-state index in [-0.39, 0.29) is 24.9 Å². The Hall–Kier alpha value is -3.31. The maximum absolute atomic E-state index is 6.24. The third-order valence-electron chi connectivity index (χ3n) is 6.02. The summed E-state index contributed by atoms with van der Waals surface area (Å²) in [5, 5.41) is 7.48. The summed E-state index contributed by atoms with van der Waals surface area (Å²) in [5.41, 5.74) is 14.3. The molecule has 2 aliphatic heterocycles. The maximum atomic E-state index is 6.24. The van der Waals surface area contributed by atoms with Gasteiger partial charge in [-0.05, 0) is 30.2 Å². The number of benzene rings is 2. The van der Waals surface area contributed by atoms with E-state index < -0.39 is 0 Å². The zero-order valence-electron chi connectivity index (χ0n) is 20.0. The first-order valence-electron chi connectivity index (χ1n) is 11.9. The van der Waals surface area contributed by atoms with Crippen molar-refractivity contribution >= 4 is 46.7 Å². The Kier molecular flexibility index (Phi) is 7.80. The Balaban J connectivity index is 1.47. The van der Waals surface area contributed by atoms with Crippen LogP contribution in [0.2, 0.25) is 10.0 Å². The molecule has 0 saturated carbocycles. The van der Waals surface area contributed by atoms with Gasteiger partial charge >= 0.3 is 0 Å². The molecule has 0 amide bonds. The van der Waals surface area contributed by atoms with Crippen LogP contribution in [0.4, 0.5) is 23.5 Å². The topological polar surface area (TPSA) is 136 Å². The van der Waals surface area contributed by atoms with Gasteiger partial charge in [0.2, 0.25) is 24.6 Å². The second-order valence-corrected chi connectivity index (χ2v) is 9.85. The number of piperidine rings is 1. The van der Waals surface area contributed by atoms with E-state index in [0.717, 1.165) is 12.0 Å². The second kappa shape index (κ2) is 11.4. The molecule has 2 aromatic carbocycles. The molecule has 0 radical (unpaired) electrons. The van der Waals surface area contributed by atoms with Gasteiger partial charge in [-0.15, -0.1) is 0 Å². The lowest BCUT2D eigenvalue weighted by atomic mass is 10.0. The van der Waals surface area contributed by atoms with Crippen molar-refractivity contribution in [2.24, 2.45) is 11.5 Å². The molecule has 194 valence electrons. The second-order valence-electron chi connectivity index (χ2n) is 9.03. The molecule has 3 aromatic rings. The fourth-order valence-corrected chi connectivity index (χ4v) is 4.63. The van der Waals surface area contributed by atoms with Crippen LogP contribution in [0.3, 0.4) is 0 Å². The van der Waals surface area contributed by atoms with E-state index in [4.69, 9.17) is 49.1 Å². The van der Waals surface area contributed by atoms with Crippen molar-refractivity contribution in [3.05, 3.63) is 76.2 Å². The predicted octanol–water partition coefficient (Wildman–Crippen LogP) is 3.66. The van der Waals surface area contributed by atoms with E-state index in [0.29, 0.717) is 58.8 Å². The van der Waals surface area contributed by atoms with E-state index in [1.807, 2.05) is 23.1 Å². The molecule has 3 atom stereocenters. The standard InChI is InChI=1S/C25H28Cl2N8O2/c26-19-7-6-18(10-20(19)27)30-23-32-24(34-25(33-23)35-11-16(28)9-17(29)12-35)31-21(22-13-36-14-37-22)8-15-4-2-1-3-5-15/h1-7,10,13,16-17,21H,8-9,11-12,14,28-29H2,(H2,30,31,32,33,34). The van der Waals surface area contributed by atoms with Gasteiger partial charge in [0.1, 0.15) is 6.26 Å². The zero-order valence-corrected chi connectivity index (χ0v) is 21.5. The number of ether oxygens (including phenoxy) is 2. The van der Waals surface area contributed by atoms with Crippen LogP contribution in [0.1, 0.15) is 12.0 Å². The van der Waals surface area contributed by atoms with Crippen molar-refractivity contribution in [2.45, 2.75) is 31.0 Å². The highest BCUT2D eigenvalue weighted by Gasteiger charge is 2.27. The Morgan fingerprint density at radius 3 is 2.43 bits per heavy atom. The van der Waals surface area contributed by atoms with Crippen molar-refractivity contribution in [1.82, 2.24) is 15.0 Å². The molecule has 10 nitrogen and oxygen atoms in total. The summed E-state index contributed by atoms with van der Waals surface area (Å²) >= 11 is 12.3. The van der Waals surface area contributed by atoms with Crippen molar-refractivity contribution in [2.75, 3.05) is 35.4 Å². The fraction of sp³-hybridized carbons (Fsp3) is 0.320. The van der Waals surface area contributed by atoms with Crippen LogP contribution in [-0.4, -0.2) is 53.0 Å². The molecule has 1 saturated heterocycles. The number of halogens is 2. The first-order chi connectivity index (χ1) is 17.9.